The van der Waals surface area contributed by atoms with Crippen molar-refractivity contribution in [3.63, 3.8) is 0 Å². The maximum absolute atomic E-state index is 12.6. The van der Waals surface area contributed by atoms with Crippen molar-refractivity contribution in [2.45, 2.75) is 40.0 Å². The third-order valence-electron chi connectivity index (χ3n) is 4.61. The van der Waals surface area contributed by atoms with E-state index >= 15 is 0 Å². The maximum Gasteiger partial charge on any atom is 0.253 e. The Hall–Kier alpha value is -3.35. The van der Waals surface area contributed by atoms with Gasteiger partial charge in [0.05, 0.1) is 6.54 Å². The van der Waals surface area contributed by atoms with E-state index < -0.39 is 0 Å². The summed E-state index contributed by atoms with van der Waals surface area (Å²) in [5, 5.41) is 8.63. The molecule has 0 saturated heterocycles. The Morgan fingerprint density at radius 1 is 0.774 bits per heavy atom. The molecule has 0 saturated carbocycles. The predicted octanol–water partition coefficient (Wildman–Crippen LogP) is 4.35. The van der Waals surface area contributed by atoms with Crippen LogP contribution in [0.5, 0.6) is 0 Å². The zero-order valence-corrected chi connectivity index (χ0v) is 18.5. The molecule has 166 valence electrons. The molecule has 0 atom stereocenters. The van der Waals surface area contributed by atoms with Crippen LogP contribution in [-0.4, -0.2) is 42.3 Å². The van der Waals surface area contributed by atoms with E-state index in [0.717, 1.165) is 31.6 Å². The first-order valence-corrected chi connectivity index (χ1v) is 10.8. The minimum atomic E-state index is -0.212. The molecular formula is C24H32N4O3. The first-order valence-electron chi connectivity index (χ1n) is 10.8. The summed E-state index contributed by atoms with van der Waals surface area (Å²) in [5.74, 6) is -0.265. The Morgan fingerprint density at radius 2 is 1.35 bits per heavy atom. The summed E-state index contributed by atoms with van der Waals surface area (Å²) < 4.78 is 0. The molecule has 3 amide bonds. The van der Waals surface area contributed by atoms with Crippen LogP contribution in [0.1, 0.15) is 50.4 Å². The van der Waals surface area contributed by atoms with Crippen LogP contribution in [0, 0.1) is 0 Å². The third-order valence-corrected chi connectivity index (χ3v) is 4.61. The van der Waals surface area contributed by atoms with Crippen LogP contribution in [0.4, 0.5) is 17.1 Å². The summed E-state index contributed by atoms with van der Waals surface area (Å²) in [5.41, 5.74) is 2.64. The molecule has 0 aliphatic rings. The van der Waals surface area contributed by atoms with E-state index in [1.807, 2.05) is 4.90 Å². The lowest BCUT2D eigenvalue weighted by atomic mass is 10.1. The number of nitrogens with zero attached hydrogens (tertiary/aromatic N) is 1. The van der Waals surface area contributed by atoms with E-state index in [1.165, 1.54) is 0 Å². The summed E-state index contributed by atoms with van der Waals surface area (Å²) in [6.07, 6.45) is 2.24. The second-order valence-electron chi connectivity index (χ2n) is 7.25. The predicted molar refractivity (Wildman–Crippen MR) is 125 cm³/mol. The van der Waals surface area contributed by atoms with Gasteiger partial charge in [0.1, 0.15) is 0 Å². The largest absolute Gasteiger partial charge is 0.376 e. The van der Waals surface area contributed by atoms with Crippen molar-refractivity contribution in [1.29, 1.82) is 0 Å². The first-order chi connectivity index (χ1) is 15.0. The number of nitrogens with one attached hydrogen (secondary N) is 3. The molecule has 7 nitrogen and oxygen atoms in total. The van der Waals surface area contributed by atoms with Crippen LogP contribution in [0.15, 0.2) is 48.5 Å². The van der Waals surface area contributed by atoms with E-state index in [4.69, 9.17) is 0 Å². The van der Waals surface area contributed by atoms with E-state index in [9.17, 15) is 14.4 Å². The first kappa shape index (κ1) is 23.9. The van der Waals surface area contributed by atoms with Gasteiger partial charge < -0.3 is 20.9 Å². The van der Waals surface area contributed by atoms with Gasteiger partial charge >= 0.3 is 0 Å². The lowest BCUT2D eigenvalue weighted by Crippen LogP contribution is -2.32. The molecule has 2 aromatic rings. The van der Waals surface area contributed by atoms with E-state index in [-0.39, 0.29) is 24.3 Å². The van der Waals surface area contributed by atoms with Crippen LogP contribution in [0.2, 0.25) is 0 Å². The van der Waals surface area contributed by atoms with Gasteiger partial charge in [-0.15, -0.1) is 0 Å². The van der Waals surface area contributed by atoms with Crippen LogP contribution >= 0.6 is 0 Å². The second-order valence-corrected chi connectivity index (χ2v) is 7.25. The Bertz CT molecular complexity index is 875. The van der Waals surface area contributed by atoms with Gasteiger partial charge in [-0.2, -0.15) is 0 Å². The average molecular weight is 425 g/mol. The molecule has 0 heterocycles. The quantitative estimate of drug-likeness (QED) is 0.500. The number of rotatable bonds is 11. The summed E-state index contributed by atoms with van der Waals surface area (Å²) in [7, 11) is 0. The van der Waals surface area contributed by atoms with E-state index in [2.05, 4.69) is 29.8 Å². The van der Waals surface area contributed by atoms with Crippen LogP contribution < -0.4 is 16.0 Å². The van der Waals surface area contributed by atoms with Gasteiger partial charge in [-0.05, 0) is 55.3 Å². The highest BCUT2D eigenvalue weighted by molar-refractivity contribution is 5.96. The van der Waals surface area contributed by atoms with Crippen LogP contribution in [0.25, 0.3) is 0 Å². The molecule has 2 aromatic carbocycles. The minimum absolute atomic E-state index is 0.0306. The highest BCUT2D eigenvalue weighted by Gasteiger charge is 2.14. The zero-order valence-electron chi connectivity index (χ0n) is 18.5. The van der Waals surface area contributed by atoms with Crippen molar-refractivity contribution in [3.8, 4) is 0 Å². The number of hydrogen-bond acceptors (Lipinski definition) is 4. The van der Waals surface area contributed by atoms with E-state index in [0.29, 0.717) is 23.4 Å². The van der Waals surface area contributed by atoms with Gasteiger partial charge in [-0.25, -0.2) is 0 Å². The topological polar surface area (TPSA) is 90.5 Å². The number of benzene rings is 2. The van der Waals surface area contributed by atoms with Gasteiger partial charge in [0.25, 0.3) is 5.91 Å². The van der Waals surface area contributed by atoms with Gasteiger partial charge in [0.2, 0.25) is 11.8 Å². The Labute approximate surface area is 184 Å². The van der Waals surface area contributed by atoms with Gasteiger partial charge in [-0.3, -0.25) is 14.4 Å². The van der Waals surface area contributed by atoms with Crippen LogP contribution in [-0.2, 0) is 9.59 Å². The molecule has 7 heteroatoms. The molecule has 31 heavy (non-hydrogen) atoms. The molecular weight excluding hydrogens is 392 g/mol. The molecule has 0 bridgehead atoms. The van der Waals surface area contributed by atoms with Gasteiger partial charge in [0, 0.05) is 42.1 Å². The maximum atomic E-state index is 12.6. The summed E-state index contributed by atoms with van der Waals surface area (Å²) in [4.78, 5) is 38.3. The third kappa shape index (κ3) is 7.77. The fraction of sp³-hybridized carbons (Fsp3) is 0.375. The lowest BCUT2D eigenvalue weighted by molar-refractivity contribution is -0.116. The smallest absolute Gasteiger partial charge is 0.253 e. The molecule has 0 aliphatic carbocycles. The Morgan fingerprint density at radius 3 is 1.90 bits per heavy atom. The molecule has 0 spiro atoms. The standard InChI is InChI=1S/C24H32N4O3/c1-4-14-28(15-5-2)24(31)18-10-12-19(13-11-18)25-17-23(30)27-21-9-7-8-20(16-21)26-22(29)6-3/h7-13,16,25H,4-6,14-15,17H2,1-3H3,(H,26,29)(H,27,30). The highest BCUT2D eigenvalue weighted by atomic mass is 16.2. The molecule has 0 unspecified atom stereocenters. The van der Waals surface area contributed by atoms with Crippen LogP contribution in [0.3, 0.4) is 0 Å². The monoisotopic (exact) mass is 424 g/mol. The number of anilines is 3. The fourth-order valence-corrected chi connectivity index (χ4v) is 3.08. The molecule has 2 rings (SSSR count). The van der Waals surface area contributed by atoms with Crippen molar-refractivity contribution in [2.24, 2.45) is 0 Å². The number of hydrogen-bond donors (Lipinski definition) is 3. The van der Waals surface area contributed by atoms with Crippen molar-refractivity contribution < 1.29 is 14.4 Å². The normalized spacial score (nSPS) is 10.3. The zero-order chi connectivity index (χ0) is 22.6. The molecule has 3 N–H and O–H groups in total. The summed E-state index contributed by atoms with van der Waals surface area (Å²) >= 11 is 0. The Kier molecular flexibility index (Phi) is 9.55. The average Bonchev–Trinajstić information content (AvgIpc) is 2.77. The number of carbonyl (C=O) groups excluding carboxylic acids is 3. The Balaban J connectivity index is 1.89. The van der Waals surface area contributed by atoms with Crippen molar-refractivity contribution in [2.75, 3.05) is 35.6 Å². The van der Waals surface area contributed by atoms with E-state index in [1.54, 1.807) is 55.5 Å². The molecule has 0 aromatic heterocycles. The summed E-state index contributed by atoms with van der Waals surface area (Å²) in [6, 6.07) is 14.2. The molecule has 0 fully saturated rings. The lowest BCUT2D eigenvalue weighted by Gasteiger charge is -2.21. The second kappa shape index (κ2) is 12.4. The van der Waals surface area contributed by atoms with Crippen molar-refractivity contribution in [1.82, 2.24) is 4.90 Å². The fourth-order valence-electron chi connectivity index (χ4n) is 3.08. The SMILES string of the molecule is CCCN(CCC)C(=O)c1ccc(NCC(=O)Nc2cccc(NC(=O)CC)c2)cc1. The molecule has 0 aliphatic heterocycles. The highest BCUT2D eigenvalue weighted by Crippen LogP contribution is 2.16. The van der Waals surface area contributed by atoms with Crippen molar-refractivity contribution in [3.05, 3.63) is 54.1 Å². The summed E-state index contributed by atoms with van der Waals surface area (Å²) in [6.45, 7) is 7.47. The number of amides is 3. The minimum Gasteiger partial charge on any atom is -0.376 e. The van der Waals surface area contributed by atoms with Gasteiger partial charge in [-0.1, -0.05) is 26.8 Å². The van der Waals surface area contributed by atoms with Crippen molar-refractivity contribution >= 4 is 34.8 Å². The number of carbonyl (C=O) groups is 3. The molecule has 0 radical (unpaired) electrons. The van der Waals surface area contributed by atoms with Gasteiger partial charge in [0.15, 0.2) is 0 Å².